The predicted octanol–water partition coefficient (Wildman–Crippen LogP) is 3.44. The Morgan fingerprint density at radius 2 is 1.88 bits per heavy atom. The second-order valence-electron chi connectivity index (χ2n) is 5.64. The summed E-state index contributed by atoms with van der Waals surface area (Å²) < 4.78 is 0. The number of hydrogen-bond donors (Lipinski definition) is 0. The summed E-state index contributed by atoms with van der Waals surface area (Å²) in [7, 11) is 0. The van der Waals surface area contributed by atoms with Crippen molar-refractivity contribution in [1.82, 2.24) is 4.90 Å². The number of likely N-dealkylation sites (tertiary alicyclic amines) is 1. The van der Waals surface area contributed by atoms with Crippen molar-refractivity contribution in [2.75, 3.05) is 13.1 Å². The summed E-state index contributed by atoms with van der Waals surface area (Å²) in [4.78, 5) is 14.1. The van der Waals surface area contributed by atoms with Crippen molar-refractivity contribution in [2.45, 2.75) is 51.8 Å². The summed E-state index contributed by atoms with van der Waals surface area (Å²) in [6.07, 6.45) is 3.51. The van der Waals surface area contributed by atoms with Gasteiger partial charge in [0.1, 0.15) is 0 Å². The summed E-state index contributed by atoms with van der Waals surface area (Å²) >= 11 is 3.50. The van der Waals surface area contributed by atoms with Crippen molar-refractivity contribution in [3.8, 4) is 0 Å². The van der Waals surface area contributed by atoms with E-state index in [1.165, 1.54) is 6.42 Å². The zero-order chi connectivity index (χ0) is 12.3. The standard InChI is InChI=1S/C13H24BrNO/c1-5-13(4)6-8-15(9-7-13)12(16)11(14)10(2)3/h10-11H,5-9H2,1-4H3. The Kier molecular flexibility index (Phi) is 4.84. The molecule has 1 aliphatic heterocycles. The van der Waals surface area contributed by atoms with Crippen LogP contribution in [-0.4, -0.2) is 28.7 Å². The number of alkyl halides is 1. The number of rotatable bonds is 3. The second-order valence-corrected chi connectivity index (χ2v) is 6.62. The number of carbonyl (C=O) groups excluding carboxylic acids is 1. The molecular formula is C13H24BrNO. The first-order chi connectivity index (χ1) is 7.39. The van der Waals surface area contributed by atoms with Crippen molar-refractivity contribution in [3.05, 3.63) is 0 Å². The van der Waals surface area contributed by atoms with Gasteiger partial charge >= 0.3 is 0 Å². The van der Waals surface area contributed by atoms with Crippen LogP contribution in [0.2, 0.25) is 0 Å². The molecule has 1 rings (SSSR count). The molecule has 0 aromatic rings. The molecular weight excluding hydrogens is 266 g/mol. The van der Waals surface area contributed by atoms with Gasteiger partial charge in [-0.2, -0.15) is 0 Å². The van der Waals surface area contributed by atoms with Crippen LogP contribution in [0.1, 0.15) is 47.0 Å². The van der Waals surface area contributed by atoms with E-state index >= 15 is 0 Å². The first kappa shape index (κ1) is 14.0. The summed E-state index contributed by atoms with van der Waals surface area (Å²) in [5, 5.41) is 0. The molecule has 1 amide bonds. The Morgan fingerprint density at radius 1 is 1.38 bits per heavy atom. The normalized spacial score (nSPS) is 22.2. The average molecular weight is 290 g/mol. The van der Waals surface area contributed by atoms with Crippen LogP contribution in [0.5, 0.6) is 0 Å². The molecule has 1 atom stereocenters. The molecule has 3 heteroatoms. The molecule has 16 heavy (non-hydrogen) atoms. The minimum atomic E-state index is -0.0153. The Balaban J connectivity index is 2.51. The van der Waals surface area contributed by atoms with Crippen LogP contribution in [-0.2, 0) is 4.79 Å². The van der Waals surface area contributed by atoms with Gasteiger partial charge in [0.15, 0.2) is 0 Å². The van der Waals surface area contributed by atoms with Gasteiger partial charge in [-0.1, -0.05) is 50.0 Å². The van der Waals surface area contributed by atoms with Crippen molar-refractivity contribution in [3.63, 3.8) is 0 Å². The third-order valence-electron chi connectivity index (χ3n) is 3.96. The minimum Gasteiger partial charge on any atom is -0.342 e. The van der Waals surface area contributed by atoms with E-state index in [0.29, 0.717) is 11.3 Å². The van der Waals surface area contributed by atoms with Crippen molar-refractivity contribution >= 4 is 21.8 Å². The molecule has 0 spiro atoms. The Hall–Kier alpha value is -0.0500. The number of hydrogen-bond acceptors (Lipinski definition) is 1. The predicted molar refractivity (Wildman–Crippen MR) is 71.8 cm³/mol. The number of nitrogens with zero attached hydrogens (tertiary/aromatic N) is 1. The van der Waals surface area contributed by atoms with Crippen LogP contribution >= 0.6 is 15.9 Å². The number of piperidine rings is 1. The summed E-state index contributed by atoms with van der Waals surface area (Å²) in [5.74, 6) is 0.639. The van der Waals surface area contributed by atoms with Crippen LogP contribution in [0.15, 0.2) is 0 Å². The zero-order valence-electron chi connectivity index (χ0n) is 10.9. The van der Waals surface area contributed by atoms with Gasteiger partial charge in [-0.25, -0.2) is 0 Å². The maximum Gasteiger partial charge on any atom is 0.236 e. The van der Waals surface area contributed by atoms with Gasteiger partial charge in [0.25, 0.3) is 0 Å². The molecule has 1 heterocycles. The third kappa shape index (κ3) is 3.22. The average Bonchev–Trinajstić information content (AvgIpc) is 2.28. The fourth-order valence-corrected chi connectivity index (χ4v) is 2.37. The molecule has 0 aromatic carbocycles. The molecule has 0 aromatic heterocycles. The van der Waals surface area contributed by atoms with Crippen LogP contribution in [0.25, 0.3) is 0 Å². The maximum atomic E-state index is 12.1. The number of halogens is 1. The molecule has 0 aliphatic carbocycles. The molecule has 0 saturated carbocycles. The fourth-order valence-electron chi connectivity index (χ4n) is 2.08. The Bertz CT molecular complexity index is 244. The largest absolute Gasteiger partial charge is 0.342 e. The van der Waals surface area contributed by atoms with E-state index in [2.05, 4.69) is 43.6 Å². The van der Waals surface area contributed by atoms with Crippen molar-refractivity contribution < 1.29 is 4.79 Å². The monoisotopic (exact) mass is 289 g/mol. The van der Waals surface area contributed by atoms with Gasteiger partial charge < -0.3 is 4.90 Å². The molecule has 0 radical (unpaired) electrons. The highest BCUT2D eigenvalue weighted by molar-refractivity contribution is 9.10. The summed E-state index contributed by atoms with van der Waals surface area (Å²) in [6, 6.07) is 0. The van der Waals surface area contributed by atoms with E-state index in [-0.39, 0.29) is 10.7 Å². The highest BCUT2D eigenvalue weighted by Crippen LogP contribution is 2.34. The van der Waals surface area contributed by atoms with Crippen LogP contribution < -0.4 is 0 Å². The molecule has 1 fully saturated rings. The van der Waals surface area contributed by atoms with Gasteiger partial charge in [0.05, 0.1) is 4.83 Å². The van der Waals surface area contributed by atoms with Crippen LogP contribution in [0.3, 0.4) is 0 Å². The Morgan fingerprint density at radius 3 is 2.25 bits per heavy atom. The van der Waals surface area contributed by atoms with Gasteiger partial charge in [-0.15, -0.1) is 0 Å². The van der Waals surface area contributed by atoms with Crippen molar-refractivity contribution in [1.29, 1.82) is 0 Å². The van der Waals surface area contributed by atoms with E-state index in [9.17, 15) is 4.79 Å². The first-order valence-electron chi connectivity index (χ1n) is 6.32. The minimum absolute atomic E-state index is 0.0153. The van der Waals surface area contributed by atoms with Gasteiger partial charge in [-0.05, 0) is 24.2 Å². The molecule has 1 unspecified atom stereocenters. The lowest BCUT2D eigenvalue weighted by molar-refractivity contribution is -0.133. The van der Waals surface area contributed by atoms with Crippen molar-refractivity contribution in [2.24, 2.45) is 11.3 Å². The molecule has 1 aliphatic rings. The molecule has 0 bridgehead atoms. The maximum absolute atomic E-state index is 12.1. The quantitative estimate of drug-likeness (QED) is 0.729. The highest BCUT2D eigenvalue weighted by Gasteiger charge is 2.32. The topological polar surface area (TPSA) is 20.3 Å². The van der Waals surface area contributed by atoms with E-state index in [1.54, 1.807) is 0 Å². The van der Waals surface area contributed by atoms with Gasteiger partial charge in [0.2, 0.25) is 5.91 Å². The van der Waals surface area contributed by atoms with Gasteiger partial charge in [0, 0.05) is 13.1 Å². The molecule has 2 nitrogen and oxygen atoms in total. The van der Waals surface area contributed by atoms with E-state index < -0.39 is 0 Å². The molecule has 0 N–H and O–H groups in total. The molecule has 1 saturated heterocycles. The third-order valence-corrected chi connectivity index (χ3v) is 5.41. The van der Waals surface area contributed by atoms with Crippen LogP contribution in [0, 0.1) is 11.3 Å². The smallest absolute Gasteiger partial charge is 0.236 e. The lowest BCUT2D eigenvalue weighted by Gasteiger charge is -2.39. The fraction of sp³-hybridized carbons (Fsp3) is 0.923. The number of carbonyl (C=O) groups is 1. The van der Waals surface area contributed by atoms with E-state index in [1.807, 2.05) is 4.90 Å². The summed E-state index contributed by atoms with van der Waals surface area (Å²) in [5.41, 5.74) is 0.455. The Labute approximate surface area is 108 Å². The molecule has 94 valence electrons. The van der Waals surface area contributed by atoms with E-state index in [0.717, 1.165) is 25.9 Å². The number of amides is 1. The first-order valence-corrected chi connectivity index (χ1v) is 7.24. The highest BCUT2D eigenvalue weighted by atomic mass is 79.9. The summed E-state index contributed by atoms with van der Waals surface area (Å²) in [6.45, 7) is 10.6. The lowest BCUT2D eigenvalue weighted by atomic mass is 9.78. The second kappa shape index (κ2) is 5.52. The van der Waals surface area contributed by atoms with Gasteiger partial charge in [-0.3, -0.25) is 4.79 Å². The lowest BCUT2D eigenvalue weighted by Crippen LogP contribution is -2.45. The van der Waals surface area contributed by atoms with E-state index in [4.69, 9.17) is 0 Å². The van der Waals surface area contributed by atoms with Crippen LogP contribution in [0.4, 0.5) is 0 Å². The SMILES string of the molecule is CCC1(C)CCN(C(=O)C(Br)C(C)C)CC1. The zero-order valence-corrected chi connectivity index (χ0v) is 12.5.